The topological polar surface area (TPSA) is 75.7 Å². The molecule has 0 aromatic heterocycles. The van der Waals surface area contributed by atoms with Crippen molar-refractivity contribution >= 4 is 21.6 Å². The smallest absolute Gasteiger partial charge is 0.264 e. The zero-order valence-corrected chi connectivity index (χ0v) is 13.6. The van der Waals surface area contributed by atoms with Crippen molar-refractivity contribution in [3.8, 4) is 5.75 Å². The summed E-state index contributed by atoms with van der Waals surface area (Å²) in [6.45, 7) is -0.199. The van der Waals surface area contributed by atoms with Gasteiger partial charge in [-0.2, -0.15) is 0 Å². The van der Waals surface area contributed by atoms with Crippen molar-refractivity contribution in [2.45, 2.75) is 11.0 Å². The van der Waals surface area contributed by atoms with Crippen molar-refractivity contribution in [3.05, 3.63) is 54.3 Å². The highest BCUT2D eigenvalue weighted by molar-refractivity contribution is 7.92. The first-order valence-electron chi connectivity index (χ1n) is 7.19. The lowest BCUT2D eigenvalue weighted by atomic mass is 10.2. The van der Waals surface area contributed by atoms with Gasteiger partial charge in [0.1, 0.15) is 11.6 Å². The maximum Gasteiger partial charge on any atom is 0.264 e. The van der Waals surface area contributed by atoms with Gasteiger partial charge in [0.2, 0.25) is 0 Å². The molecule has 1 amide bonds. The summed E-state index contributed by atoms with van der Waals surface area (Å²) >= 11 is 0. The van der Waals surface area contributed by atoms with E-state index in [-0.39, 0.29) is 17.2 Å². The maximum atomic E-state index is 13.4. The van der Waals surface area contributed by atoms with E-state index in [4.69, 9.17) is 4.74 Å². The van der Waals surface area contributed by atoms with Gasteiger partial charge in [0.05, 0.1) is 17.1 Å². The molecule has 1 N–H and O–H groups in total. The molecule has 2 aromatic carbocycles. The number of benzene rings is 2. The van der Waals surface area contributed by atoms with E-state index in [2.05, 4.69) is 5.32 Å². The van der Waals surface area contributed by atoms with Gasteiger partial charge in [-0.3, -0.25) is 9.10 Å². The number of nitrogens with one attached hydrogen (secondary N) is 1. The van der Waals surface area contributed by atoms with E-state index in [1.165, 1.54) is 25.2 Å². The summed E-state index contributed by atoms with van der Waals surface area (Å²) in [6.07, 6.45) is -0.992. The lowest BCUT2D eigenvalue weighted by molar-refractivity contribution is -0.127. The number of rotatable bonds is 3. The number of halogens is 1. The molecular weight excluding hydrogens is 335 g/mol. The zero-order chi connectivity index (χ0) is 17.3. The first-order chi connectivity index (χ1) is 11.4. The van der Waals surface area contributed by atoms with Gasteiger partial charge in [0.15, 0.2) is 6.10 Å². The second-order valence-corrected chi connectivity index (χ2v) is 7.04. The van der Waals surface area contributed by atoms with Gasteiger partial charge in [-0.05, 0) is 30.3 Å². The number of amides is 1. The largest absolute Gasteiger partial charge is 0.476 e. The number of hydrogen-bond acceptors (Lipinski definition) is 4. The number of carbonyl (C=O) groups excluding carboxylic acids is 1. The van der Waals surface area contributed by atoms with Crippen LogP contribution in [0, 0.1) is 5.82 Å². The van der Waals surface area contributed by atoms with Crippen LogP contribution in [0.2, 0.25) is 0 Å². The maximum absolute atomic E-state index is 13.4. The molecular formula is C16H15FN2O4S. The molecule has 0 radical (unpaired) electrons. The van der Waals surface area contributed by atoms with Crippen LogP contribution >= 0.6 is 0 Å². The van der Waals surface area contributed by atoms with Gasteiger partial charge in [-0.15, -0.1) is 0 Å². The highest BCUT2D eigenvalue weighted by Gasteiger charge is 2.37. The standard InChI is InChI=1S/C16H15FN2O4S/c1-18-16(20)15-10-19(13-7-2-3-8-14(13)23-15)24(21,22)12-6-4-5-11(17)9-12/h2-9,15H,10H2,1H3,(H,18,20)/t15-/m0/s1. The Kier molecular flexibility index (Phi) is 4.15. The fourth-order valence-electron chi connectivity index (χ4n) is 2.48. The number of nitrogens with zero attached hydrogens (tertiary/aromatic N) is 1. The second-order valence-electron chi connectivity index (χ2n) is 5.18. The lowest BCUT2D eigenvalue weighted by Gasteiger charge is -2.34. The fraction of sp³-hybridized carbons (Fsp3) is 0.188. The first-order valence-corrected chi connectivity index (χ1v) is 8.63. The normalized spacial score (nSPS) is 16.9. The molecule has 8 heteroatoms. The van der Waals surface area contributed by atoms with Crippen LogP contribution in [0.5, 0.6) is 5.75 Å². The number of fused-ring (bicyclic) bond motifs is 1. The second kappa shape index (κ2) is 6.12. The van der Waals surface area contributed by atoms with E-state index in [1.807, 2.05) is 0 Å². The Morgan fingerprint density at radius 1 is 1.25 bits per heavy atom. The van der Waals surface area contributed by atoms with Crippen LogP contribution in [-0.2, 0) is 14.8 Å². The molecule has 1 aliphatic rings. The summed E-state index contributed by atoms with van der Waals surface area (Å²) in [5.74, 6) is -0.818. The lowest BCUT2D eigenvalue weighted by Crippen LogP contribution is -2.50. The Hall–Kier alpha value is -2.61. The van der Waals surface area contributed by atoms with Crippen LogP contribution in [0.15, 0.2) is 53.4 Å². The first kappa shape index (κ1) is 16.3. The summed E-state index contributed by atoms with van der Waals surface area (Å²) in [4.78, 5) is 11.7. The van der Waals surface area contributed by atoms with E-state index in [1.54, 1.807) is 24.3 Å². The number of likely N-dealkylation sites (N-methyl/N-ethyl adjacent to an activating group) is 1. The highest BCUT2D eigenvalue weighted by Crippen LogP contribution is 2.36. The SMILES string of the molecule is CNC(=O)[C@@H]1CN(S(=O)(=O)c2cccc(F)c2)c2ccccc2O1. The fourth-order valence-corrected chi connectivity index (χ4v) is 3.99. The van der Waals surface area contributed by atoms with Gasteiger partial charge in [-0.1, -0.05) is 18.2 Å². The average Bonchev–Trinajstić information content (AvgIpc) is 2.60. The molecule has 0 aliphatic carbocycles. The van der Waals surface area contributed by atoms with Crippen molar-refractivity contribution < 1.29 is 22.3 Å². The van der Waals surface area contributed by atoms with Gasteiger partial charge in [0.25, 0.3) is 15.9 Å². The van der Waals surface area contributed by atoms with Crippen LogP contribution in [-0.4, -0.2) is 34.0 Å². The predicted molar refractivity (Wildman–Crippen MR) is 85.9 cm³/mol. The van der Waals surface area contributed by atoms with E-state index in [9.17, 15) is 17.6 Å². The molecule has 0 spiro atoms. The van der Waals surface area contributed by atoms with E-state index < -0.39 is 27.9 Å². The molecule has 1 aliphatic heterocycles. The predicted octanol–water partition coefficient (Wildman–Crippen LogP) is 1.53. The molecule has 1 atom stereocenters. The van der Waals surface area contributed by atoms with Crippen molar-refractivity contribution in [1.29, 1.82) is 0 Å². The minimum absolute atomic E-state index is 0.185. The number of hydrogen-bond donors (Lipinski definition) is 1. The molecule has 0 saturated heterocycles. The highest BCUT2D eigenvalue weighted by atomic mass is 32.2. The van der Waals surface area contributed by atoms with Gasteiger partial charge in [0, 0.05) is 7.05 Å². The van der Waals surface area contributed by atoms with Gasteiger partial charge >= 0.3 is 0 Å². The van der Waals surface area contributed by atoms with Crippen LogP contribution < -0.4 is 14.4 Å². The van der Waals surface area contributed by atoms with E-state index in [0.29, 0.717) is 5.69 Å². The third-order valence-corrected chi connectivity index (χ3v) is 5.43. The molecule has 0 fully saturated rings. The third-order valence-electron chi connectivity index (χ3n) is 3.66. The quantitative estimate of drug-likeness (QED) is 0.911. The van der Waals surface area contributed by atoms with Crippen molar-refractivity contribution in [3.63, 3.8) is 0 Å². The Bertz CT molecular complexity index is 885. The molecule has 0 saturated carbocycles. The number of sulfonamides is 1. The van der Waals surface area contributed by atoms with Crippen molar-refractivity contribution in [2.75, 3.05) is 17.9 Å². The molecule has 3 rings (SSSR count). The van der Waals surface area contributed by atoms with Crippen LogP contribution in [0.1, 0.15) is 0 Å². The summed E-state index contributed by atoms with van der Waals surface area (Å²) in [5, 5.41) is 2.44. The zero-order valence-electron chi connectivity index (χ0n) is 12.8. The summed E-state index contributed by atoms with van der Waals surface area (Å²) in [5.41, 5.74) is 0.307. The van der Waals surface area contributed by atoms with Crippen molar-refractivity contribution in [2.24, 2.45) is 0 Å². The Morgan fingerprint density at radius 3 is 2.71 bits per heavy atom. The molecule has 0 bridgehead atoms. The third kappa shape index (κ3) is 2.80. The van der Waals surface area contributed by atoms with Crippen molar-refractivity contribution in [1.82, 2.24) is 5.32 Å². The average molecular weight is 350 g/mol. The Balaban J connectivity index is 2.09. The molecule has 126 valence electrons. The van der Waals surface area contributed by atoms with E-state index in [0.717, 1.165) is 10.4 Å². The number of anilines is 1. The summed E-state index contributed by atoms with van der Waals surface area (Å²) in [7, 11) is -2.60. The number of ether oxygens (including phenoxy) is 1. The van der Waals surface area contributed by atoms with E-state index >= 15 is 0 Å². The minimum atomic E-state index is -4.04. The molecule has 2 aromatic rings. The summed E-state index contributed by atoms with van der Waals surface area (Å²) < 4.78 is 46.0. The Labute approximate surface area is 138 Å². The number of para-hydroxylation sites is 2. The summed E-state index contributed by atoms with van der Waals surface area (Å²) in [6, 6.07) is 11.2. The van der Waals surface area contributed by atoms with Crippen LogP contribution in [0.3, 0.4) is 0 Å². The van der Waals surface area contributed by atoms with Crippen LogP contribution in [0.25, 0.3) is 0 Å². The Morgan fingerprint density at radius 2 is 2.00 bits per heavy atom. The number of carbonyl (C=O) groups is 1. The monoisotopic (exact) mass is 350 g/mol. The van der Waals surface area contributed by atoms with Gasteiger partial charge in [-0.25, -0.2) is 12.8 Å². The molecule has 24 heavy (non-hydrogen) atoms. The molecule has 0 unspecified atom stereocenters. The molecule has 6 nitrogen and oxygen atoms in total. The molecule has 1 heterocycles. The van der Waals surface area contributed by atoms with Gasteiger partial charge < -0.3 is 10.1 Å². The van der Waals surface area contributed by atoms with Crippen LogP contribution in [0.4, 0.5) is 10.1 Å². The minimum Gasteiger partial charge on any atom is -0.476 e.